The van der Waals surface area contributed by atoms with Crippen molar-refractivity contribution in [3.8, 4) is 0 Å². The Labute approximate surface area is 118 Å². The van der Waals surface area contributed by atoms with Crippen LogP contribution in [0.1, 0.15) is 60.8 Å². The van der Waals surface area contributed by atoms with E-state index < -0.39 is 0 Å². The molecule has 0 heterocycles. The van der Waals surface area contributed by atoms with Crippen molar-refractivity contribution < 1.29 is 5.11 Å². The normalized spacial score (nSPS) is 39.1. The molecule has 3 aliphatic carbocycles. The van der Waals surface area contributed by atoms with E-state index in [-0.39, 0.29) is 6.10 Å². The molecule has 3 aliphatic rings. The Balaban J connectivity index is 2.27. The number of aliphatic hydroxyl groups is 1. The minimum absolute atomic E-state index is 0.258. The summed E-state index contributed by atoms with van der Waals surface area (Å²) in [6.45, 7) is 13.7. The standard InChI is InChI=1S/C18H30O/c1-7-16(19)12(2)8-14-11-18(6)13(3)9-15(14)10-17(18,4)5/h8-9,14-16,19H,7,10-11H2,1-6H3. The maximum absolute atomic E-state index is 9.96. The fraction of sp³-hybridized carbons (Fsp3) is 0.778. The van der Waals surface area contributed by atoms with E-state index in [0.29, 0.717) is 22.7 Å². The van der Waals surface area contributed by atoms with Gasteiger partial charge in [-0.15, -0.1) is 0 Å². The molecular weight excluding hydrogens is 232 g/mol. The zero-order valence-electron chi connectivity index (χ0n) is 13.5. The lowest BCUT2D eigenvalue weighted by Crippen LogP contribution is -2.48. The topological polar surface area (TPSA) is 20.2 Å². The van der Waals surface area contributed by atoms with Crippen molar-refractivity contribution in [1.82, 2.24) is 0 Å². The van der Waals surface area contributed by atoms with Crippen LogP contribution in [0.25, 0.3) is 0 Å². The Bertz CT molecular complexity index is 415. The van der Waals surface area contributed by atoms with Crippen molar-refractivity contribution in [1.29, 1.82) is 0 Å². The summed E-state index contributed by atoms with van der Waals surface area (Å²) in [5.74, 6) is 1.28. The molecule has 4 atom stereocenters. The van der Waals surface area contributed by atoms with Gasteiger partial charge in [0.25, 0.3) is 0 Å². The molecule has 1 heteroatoms. The first-order valence-corrected chi connectivity index (χ1v) is 7.76. The highest BCUT2D eigenvalue weighted by Crippen LogP contribution is 2.62. The van der Waals surface area contributed by atoms with Crippen LogP contribution in [0.3, 0.4) is 0 Å². The summed E-state index contributed by atoms with van der Waals surface area (Å²) in [5, 5.41) is 9.96. The number of aliphatic hydroxyl groups excluding tert-OH is 1. The monoisotopic (exact) mass is 262 g/mol. The summed E-state index contributed by atoms with van der Waals surface area (Å²) in [6, 6.07) is 0. The number of fused-ring (bicyclic) bond motifs is 2. The van der Waals surface area contributed by atoms with Crippen molar-refractivity contribution in [3.05, 3.63) is 23.3 Å². The van der Waals surface area contributed by atoms with Gasteiger partial charge in [0.1, 0.15) is 0 Å². The lowest BCUT2D eigenvalue weighted by Gasteiger charge is -2.58. The Kier molecular flexibility index (Phi) is 3.72. The van der Waals surface area contributed by atoms with Gasteiger partial charge in [0, 0.05) is 0 Å². The molecule has 108 valence electrons. The van der Waals surface area contributed by atoms with E-state index in [1.54, 1.807) is 5.57 Å². The maximum Gasteiger partial charge on any atom is 0.0744 e. The zero-order valence-corrected chi connectivity index (χ0v) is 13.5. The van der Waals surface area contributed by atoms with Gasteiger partial charge in [0.2, 0.25) is 0 Å². The van der Waals surface area contributed by atoms with Crippen LogP contribution in [-0.4, -0.2) is 11.2 Å². The van der Waals surface area contributed by atoms with Crippen molar-refractivity contribution >= 4 is 0 Å². The average Bonchev–Trinajstić information content (AvgIpc) is 2.32. The van der Waals surface area contributed by atoms with Crippen LogP contribution in [0.2, 0.25) is 0 Å². The summed E-state index contributed by atoms with van der Waals surface area (Å²) in [5.41, 5.74) is 3.46. The van der Waals surface area contributed by atoms with E-state index in [9.17, 15) is 5.11 Å². The Morgan fingerprint density at radius 1 is 1.42 bits per heavy atom. The van der Waals surface area contributed by atoms with Crippen LogP contribution in [0.5, 0.6) is 0 Å². The van der Waals surface area contributed by atoms with E-state index in [0.717, 1.165) is 12.0 Å². The lowest BCUT2D eigenvalue weighted by atomic mass is 9.47. The van der Waals surface area contributed by atoms with Crippen LogP contribution in [0.15, 0.2) is 23.3 Å². The molecule has 0 saturated heterocycles. The molecule has 0 radical (unpaired) electrons. The molecule has 3 rings (SSSR count). The predicted octanol–water partition coefficient (Wildman–Crippen LogP) is 4.72. The van der Waals surface area contributed by atoms with Crippen LogP contribution in [0, 0.1) is 22.7 Å². The Morgan fingerprint density at radius 2 is 2.05 bits per heavy atom. The molecule has 1 N–H and O–H groups in total. The highest BCUT2D eigenvalue weighted by atomic mass is 16.3. The second-order valence-corrected chi connectivity index (χ2v) is 7.64. The van der Waals surface area contributed by atoms with Gasteiger partial charge >= 0.3 is 0 Å². The van der Waals surface area contributed by atoms with E-state index in [1.807, 2.05) is 6.92 Å². The molecular formula is C18H30O. The third kappa shape index (κ3) is 2.31. The third-order valence-corrected chi connectivity index (χ3v) is 6.16. The molecule has 0 aliphatic heterocycles. The molecule has 1 saturated carbocycles. The minimum Gasteiger partial charge on any atom is -0.389 e. The summed E-state index contributed by atoms with van der Waals surface area (Å²) in [4.78, 5) is 0. The molecule has 19 heavy (non-hydrogen) atoms. The molecule has 4 unspecified atom stereocenters. The van der Waals surface area contributed by atoms with Gasteiger partial charge in [-0.25, -0.2) is 0 Å². The molecule has 0 aromatic heterocycles. The first kappa shape index (κ1) is 14.8. The molecule has 1 fully saturated rings. The van der Waals surface area contributed by atoms with Crippen molar-refractivity contribution in [2.75, 3.05) is 0 Å². The first-order valence-electron chi connectivity index (χ1n) is 7.76. The number of hydrogen-bond acceptors (Lipinski definition) is 1. The summed E-state index contributed by atoms with van der Waals surface area (Å²) in [6.07, 6.45) is 7.93. The molecule has 0 spiro atoms. The highest BCUT2D eigenvalue weighted by molar-refractivity contribution is 5.28. The van der Waals surface area contributed by atoms with Crippen molar-refractivity contribution in [2.45, 2.75) is 66.9 Å². The summed E-state index contributed by atoms with van der Waals surface area (Å²) >= 11 is 0. The molecule has 1 nitrogen and oxygen atoms in total. The average molecular weight is 262 g/mol. The fourth-order valence-electron chi connectivity index (χ4n) is 4.20. The van der Waals surface area contributed by atoms with Gasteiger partial charge in [-0.05, 0) is 61.3 Å². The number of hydrogen-bond donors (Lipinski definition) is 1. The van der Waals surface area contributed by atoms with Crippen LogP contribution in [-0.2, 0) is 0 Å². The van der Waals surface area contributed by atoms with Gasteiger partial charge in [-0.3, -0.25) is 0 Å². The molecule has 2 bridgehead atoms. The second kappa shape index (κ2) is 4.77. The number of rotatable bonds is 3. The van der Waals surface area contributed by atoms with E-state index >= 15 is 0 Å². The maximum atomic E-state index is 9.96. The lowest BCUT2D eigenvalue weighted by molar-refractivity contribution is 0.00567. The third-order valence-electron chi connectivity index (χ3n) is 6.16. The minimum atomic E-state index is -0.258. The second-order valence-electron chi connectivity index (χ2n) is 7.64. The highest BCUT2D eigenvalue weighted by Gasteiger charge is 2.52. The summed E-state index contributed by atoms with van der Waals surface area (Å²) in [7, 11) is 0. The first-order chi connectivity index (χ1) is 8.71. The number of allylic oxidation sites excluding steroid dienone is 3. The van der Waals surface area contributed by atoms with Gasteiger partial charge in [-0.2, -0.15) is 0 Å². The quantitative estimate of drug-likeness (QED) is 0.729. The van der Waals surface area contributed by atoms with Crippen LogP contribution >= 0.6 is 0 Å². The van der Waals surface area contributed by atoms with E-state index in [4.69, 9.17) is 0 Å². The molecule has 0 aromatic rings. The smallest absolute Gasteiger partial charge is 0.0744 e. The SMILES string of the molecule is CCC(O)C(C)=CC1CC2(C)C(C)=CC1CC2(C)C. The Morgan fingerprint density at radius 3 is 2.58 bits per heavy atom. The van der Waals surface area contributed by atoms with Gasteiger partial charge < -0.3 is 5.11 Å². The van der Waals surface area contributed by atoms with Gasteiger partial charge in [0.05, 0.1) is 6.10 Å². The summed E-state index contributed by atoms with van der Waals surface area (Å²) < 4.78 is 0. The van der Waals surface area contributed by atoms with E-state index in [2.05, 4.69) is 46.8 Å². The molecule has 0 aromatic carbocycles. The van der Waals surface area contributed by atoms with Crippen LogP contribution < -0.4 is 0 Å². The van der Waals surface area contributed by atoms with Gasteiger partial charge in [0.15, 0.2) is 0 Å². The zero-order chi connectivity index (χ0) is 14.4. The Hall–Kier alpha value is -0.560. The van der Waals surface area contributed by atoms with Crippen LogP contribution in [0.4, 0.5) is 0 Å². The van der Waals surface area contributed by atoms with Crippen molar-refractivity contribution in [2.24, 2.45) is 22.7 Å². The van der Waals surface area contributed by atoms with E-state index in [1.165, 1.54) is 12.8 Å². The largest absolute Gasteiger partial charge is 0.389 e. The van der Waals surface area contributed by atoms with Crippen molar-refractivity contribution in [3.63, 3.8) is 0 Å². The predicted molar refractivity (Wildman–Crippen MR) is 81.9 cm³/mol. The fourth-order valence-corrected chi connectivity index (χ4v) is 4.20. The van der Waals surface area contributed by atoms with Gasteiger partial charge in [-0.1, -0.05) is 45.4 Å². The molecule has 0 amide bonds.